The topological polar surface area (TPSA) is 83.0 Å². The summed E-state index contributed by atoms with van der Waals surface area (Å²) in [5, 5.41) is 8.31. The van der Waals surface area contributed by atoms with Gasteiger partial charge in [-0.2, -0.15) is 18.6 Å². The van der Waals surface area contributed by atoms with E-state index >= 15 is 0 Å². The van der Waals surface area contributed by atoms with Crippen molar-refractivity contribution in [3.63, 3.8) is 0 Å². The van der Waals surface area contributed by atoms with Gasteiger partial charge in [0.1, 0.15) is 6.54 Å². The molecule has 1 aromatic heterocycles. The fraction of sp³-hybridized carbons (Fsp3) is 0.312. The molecule has 0 fully saturated rings. The zero-order valence-electron chi connectivity index (χ0n) is 12.7. The Hall–Kier alpha value is -2.12. The predicted octanol–water partition coefficient (Wildman–Crippen LogP) is 2.93. The van der Waals surface area contributed by atoms with Crippen LogP contribution in [0.1, 0.15) is 18.4 Å². The Balaban J connectivity index is 1.77. The van der Waals surface area contributed by atoms with Crippen LogP contribution in [0.3, 0.4) is 0 Å². The van der Waals surface area contributed by atoms with Crippen LogP contribution in [-0.4, -0.2) is 18.7 Å². The first-order valence-electron chi connectivity index (χ1n) is 7.39. The molecule has 2 aromatic rings. The second-order valence-electron chi connectivity index (χ2n) is 5.17. The number of unbranched alkanes of at least 4 members (excludes halogenated alkanes) is 1. The number of aryl methyl sites for hydroxylation is 1. The van der Waals surface area contributed by atoms with E-state index in [-0.39, 0.29) is 5.75 Å². The summed E-state index contributed by atoms with van der Waals surface area (Å²) in [4.78, 5) is 0. The average molecular weight is 334 g/mol. The third-order valence-electron chi connectivity index (χ3n) is 3.22. The number of aromatic nitrogens is 1. The summed E-state index contributed by atoms with van der Waals surface area (Å²) in [7, 11) is -3.85. The van der Waals surface area contributed by atoms with E-state index in [1.165, 1.54) is 0 Å². The summed E-state index contributed by atoms with van der Waals surface area (Å²) >= 11 is 0. The molecule has 0 radical (unpaired) electrons. The highest BCUT2D eigenvalue weighted by Gasteiger charge is 2.06. The second-order valence-corrected chi connectivity index (χ2v) is 6.74. The van der Waals surface area contributed by atoms with Gasteiger partial charge in [0.05, 0.1) is 18.0 Å². The molecule has 0 atom stereocenters. The number of benzene rings is 1. The van der Waals surface area contributed by atoms with Gasteiger partial charge in [-0.15, -0.1) is 0 Å². The van der Waals surface area contributed by atoms with Crippen LogP contribution in [0.4, 0.5) is 5.69 Å². The van der Waals surface area contributed by atoms with E-state index in [9.17, 15) is 8.42 Å². The number of azo groups is 1. The van der Waals surface area contributed by atoms with Gasteiger partial charge < -0.3 is 0 Å². The van der Waals surface area contributed by atoms with Crippen LogP contribution in [-0.2, 0) is 23.2 Å². The standard InChI is InChI=1S/C16H19N3O3S/c20-23(21,22)13-5-4-10-19-11-8-15(9-12-19)14-17-18-16-6-2-1-3-7-16/h1-3,6-9,11-12H,4-5,10,13-14H2/p+1. The van der Waals surface area contributed by atoms with Crippen LogP contribution in [0, 0.1) is 0 Å². The maximum Gasteiger partial charge on any atom is 0.264 e. The molecule has 0 saturated carbocycles. The average Bonchev–Trinajstić information content (AvgIpc) is 2.53. The van der Waals surface area contributed by atoms with Crippen LogP contribution in [0.25, 0.3) is 0 Å². The summed E-state index contributed by atoms with van der Waals surface area (Å²) < 4.78 is 31.9. The van der Waals surface area contributed by atoms with E-state index in [0.29, 0.717) is 25.9 Å². The van der Waals surface area contributed by atoms with Gasteiger partial charge in [-0.1, -0.05) is 18.2 Å². The Morgan fingerprint density at radius 1 is 1.00 bits per heavy atom. The summed E-state index contributed by atoms with van der Waals surface area (Å²) in [5.74, 6) is -0.189. The summed E-state index contributed by atoms with van der Waals surface area (Å²) in [6.45, 7) is 1.22. The molecule has 1 N–H and O–H groups in total. The van der Waals surface area contributed by atoms with Crippen LogP contribution >= 0.6 is 0 Å². The first-order valence-corrected chi connectivity index (χ1v) is 8.99. The monoisotopic (exact) mass is 334 g/mol. The molecule has 0 bridgehead atoms. The molecule has 1 heterocycles. The molecule has 0 aliphatic heterocycles. The molecule has 122 valence electrons. The smallest absolute Gasteiger partial charge is 0.264 e. The molecular formula is C16H20N3O3S+. The molecule has 1 aromatic carbocycles. The quantitative estimate of drug-likeness (QED) is 0.349. The molecule has 0 spiro atoms. The second kappa shape index (κ2) is 8.50. The SMILES string of the molecule is O=S(=O)(O)CCCC[n+]1ccc(CN=Nc2ccccc2)cc1. The van der Waals surface area contributed by atoms with E-state index in [2.05, 4.69) is 10.2 Å². The van der Waals surface area contributed by atoms with E-state index in [1.54, 1.807) is 0 Å². The van der Waals surface area contributed by atoms with Crippen molar-refractivity contribution < 1.29 is 17.5 Å². The fourth-order valence-corrected chi connectivity index (χ4v) is 2.58. The van der Waals surface area contributed by atoms with Gasteiger partial charge in [0.15, 0.2) is 12.4 Å². The van der Waals surface area contributed by atoms with Crippen molar-refractivity contribution in [2.24, 2.45) is 10.2 Å². The predicted molar refractivity (Wildman–Crippen MR) is 86.9 cm³/mol. The zero-order chi connectivity index (χ0) is 16.5. The number of rotatable bonds is 8. The van der Waals surface area contributed by atoms with Crippen LogP contribution in [0.15, 0.2) is 65.1 Å². The molecular weight excluding hydrogens is 314 g/mol. The molecule has 7 heteroatoms. The van der Waals surface area contributed by atoms with Crippen molar-refractivity contribution in [1.29, 1.82) is 0 Å². The largest absolute Gasteiger partial charge is 0.286 e. The normalized spacial score (nSPS) is 11.9. The highest BCUT2D eigenvalue weighted by atomic mass is 32.2. The molecule has 23 heavy (non-hydrogen) atoms. The van der Waals surface area contributed by atoms with E-state index in [4.69, 9.17) is 4.55 Å². The third-order valence-corrected chi connectivity index (χ3v) is 4.03. The highest BCUT2D eigenvalue weighted by molar-refractivity contribution is 7.85. The summed E-state index contributed by atoms with van der Waals surface area (Å²) in [6, 6.07) is 13.5. The lowest BCUT2D eigenvalue weighted by atomic mass is 10.2. The van der Waals surface area contributed by atoms with Crippen molar-refractivity contribution >= 4 is 15.8 Å². The van der Waals surface area contributed by atoms with E-state index < -0.39 is 10.1 Å². The molecule has 0 saturated heterocycles. The van der Waals surface area contributed by atoms with E-state index in [0.717, 1.165) is 11.3 Å². The number of pyridine rings is 1. The van der Waals surface area contributed by atoms with Crippen molar-refractivity contribution in [1.82, 2.24) is 0 Å². The summed E-state index contributed by atoms with van der Waals surface area (Å²) in [6.07, 6.45) is 5.00. The lowest BCUT2D eigenvalue weighted by Gasteiger charge is -1.99. The van der Waals surface area contributed by atoms with Gasteiger partial charge in [0.2, 0.25) is 0 Å². The minimum absolute atomic E-state index is 0.189. The summed E-state index contributed by atoms with van der Waals surface area (Å²) in [5.41, 5.74) is 1.89. The molecule has 0 aliphatic rings. The van der Waals surface area contributed by atoms with Crippen molar-refractivity contribution in [2.75, 3.05) is 5.75 Å². The minimum Gasteiger partial charge on any atom is -0.286 e. The van der Waals surface area contributed by atoms with Gasteiger partial charge in [0.25, 0.3) is 10.1 Å². The fourth-order valence-electron chi connectivity index (χ4n) is 2.01. The Labute approximate surface area is 136 Å². The highest BCUT2D eigenvalue weighted by Crippen LogP contribution is 2.11. The minimum atomic E-state index is -3.85. The van der Waals surface area contributed by atoms with Crippen LogP contribution in [0.5, 0.6) is 0 Å². The number of hydrogen-bond donors (Lipinski definition) is 1. The third kappa shape index (κ3) is 7.12. The number of hydrogen-bond acceptors (Lipinski definition) is 4. The van der Waals surface area contributed by atoms with Crippen molar-refractivity contribution in [3.05, 3.63) is 60.4 Å². The first kappa shape index (κ1) is 17.2. The Morgan fingerprint density at radius 3 is 2.35 bits per heavy atom. The maximum absolute atomic E-state index is 10.6. The zero-order valence-corrected chi connectivity index (χ0v) is 13.6. The maximum atomic E-state index is 10.6. The Morgan fingerprint density at radius 2 is 1.70 bits per heavy atom. The molecule has 0 aliphatic carbocycles. The molecule has 0 amide bonds. The van der Waals surface area contributed by atoms with Gasteiger partial charge >= 0.3 is 0 Å². The van der Waals surface area contributed by atoms with E-state index in [1.807, 2.05) is 59.4 Å². The Kier molecular flexibility index (Phi) is 6.37. The Bertz CT molecular complexity index is 729. The first-order chi connectivity index (χ1) is 11.0. The van der Waals surface area contributed by atoms with Crippen molar-refractivity contribution in [2.45, 2.75) is 25.9 Å². The van der Waals surface area contributed by atoms with Gasteiger partial charge in [-0.25, -0.2) is 4.57 Å². The van der Waals surface area contributed by atoms with Crippen LogP contribution < -0.4 is 4.57 Å². The molecule has 2 rings (SSSR count). The van der Waals surface area contributed by atoms with Gasteiger partial charge in [-0.3, -0.25) is 4.55 Å². The lowest BCUT2D eigenvalue weighted by molar-refractivity contribution is -0.697. The lowest BCUT2D eigenvalue weighted by Crippen LogP contribution is -2.32. The number of nitrogens with zero attached hydrogens (tertiary/aromatic N) is 3. The van der Waals surface area contributed by atoms with Crippen LogP contribution in [0.2, 0.25) is 0 Å². The molecule has 0 unspecified atom stereocenters. The van der Waals surface area contributed by atoms with Crippen molar-refractivity contribution in [3.8, 4) is 0 Å². The molecule has 6 nitrogen and oxygen atoms in total. The van der Waals surface area contributed by atoms with Gasteiger partial charge in [0, 0.05) is 18.6 Å². The van der Waals surface area contributed by atoms with Gasteiger partial charge in [-0.05, 0) is 24.1 Å².